The van der Waals surface area contributed by atoms with Crippen LogP contribution < -0.4 is 0 Å². The number of methoxy groups -OCH3 is 1. The third kappa shape index (κ3) is 4.31. The van der Waals surface area contributed by atoms with Gasteiger partial charge in [-0.15, -0.1) is 0 Å². The molecule has 0 spiro atoms. The van der Waals surface area contributed by atoms with Crippen molar-refractivity contribution in [1.29, 1.82) is 0 Å². The maximum absolute atomic E-state index is 11.9. The van der Waals surface area contributed by atoms with Gasteiger partial charge >= 0.3 is 5.97 Å². The number of likely N-dealkylation sites (N-methyl/N-ethyl adjacent to an activating group) is 1. The van der Waals surface area contributed by atoms with Crippen molar-refractivity contribution in [3.63, 3.8) is 0 Å². The maximum Gasteiger partial charge on any atom is 0.337 e. The van der Waals surface area contributed by atoms with Gasteiger partial charge in [-0.3, -0.25) is 9.78 Å². The van der Waals surface area contributed by atoms with Crippen molar-refractivity contribution in [2.75, 3.05) is 27.3 Å². The quantitative estimate of drug-likeness (QED) is 0.744. The molecule has 0 aliphatic heterocycles. The van der Waals surface area contributed by atoms with Crippen molar-refractivity contribution in [2.45, 2.75) is 6.10 Å². The summed E-state index contributed by atoms with van der Waals surface area (Å²) >= 11 is 0. The summed E-state index contributed by atoms with van der Waals surface area (Å²) in [4.78, 5) is 27.7. The molecule has 1 unspecified atom stereocenters. The molecule has 19 heavy (non-hydrogen) atoms. The van der Waals surface area contributed by atoms with Gasteiger partial charge in [0.1, 0.15) is 5.69 Å². The van der Waals surface area contributed by atoms with E-state index in [0.29, 0.717) is 0 Å². The Balaban J connectivity index is 2.68. The normalized spacial score (nSPS) is 11.9. The number of amides is 1. The first-order valence-corrected chi connectivity index (χ1v) is 5.57. The van der Waals surface area contributed by atoms with Gasteiger partial charge in [-0.2, -0.15) is 0 Å². The highest BCUT2D eigenvalue weighted by Gasteiger charge is 2.17. The van der Waals surface area contributed by atoms with E-state index in [4.69, 9.17) is 9.84 Å². The van der Waals surface area contributed by atoms with Crippen LogP contribution in [0.2, 0.25) is 0 Å². The van der Waals surface area contributed by atoms with Gasteiger partial charge in [0.2, 0.25) is 0 Å². The SMILES string of the molecule is COCC(O)CN(C)C(=O)c1ccc(C(=O)O)cn1. The zero-order valence-electron chi connectivity index (χ0n) is 10.7. The van der Waals surface area contributed by atoms with Gasteiger partial charge in [-0.05, 0) is 12.1 Å². The summed E-state index contributed by atoms with van der Waals surface area (Å²) in [5.41, 5.74) is 0.135. The van der Waals surface area contributed by atoms with Gasteiger partial charge < -0.3 is 19.8 Å². The minimum Gasteiger partial charge on any atom is -0.478 e. The highest BCUT2D eigenvalue weighted by Crippen LogP contribution is 2.04. The molecule has 1 aromatic heterocycles. The van der Waals surface area contributed by atoms with Crippen LogP contribution >= 0.6 is 0 Å². The molecule has 0 aromatic carbocycles. The number of carbonyl (C=O) groups is 2. The van der Waals surface area contributed by atoms with Gasteiger partial charge in [0.05, 0.1) is 18.3 Å². The monoisotopic (exact) mass is 268 g/mol. The number of aromatic nitrogens is 1. The van der Waals surface area contributed by atoms with Crippen LogP contribution in [0.4, 0.5) is 0 Å². The minimum absolute atomic E-state index is 0.0126. The van der Waals surface area contributed by atoms with E-state index in [9.17, 15) is 14.7 Å². The van der Waals surface area contributed by atoms with E-state index in [1.165, 1.54) is 31.2 Å². The Bertz CT molecular complexity index is 446. The van der Waals surface area contributed by atoms with E-state index in [1.54, 1.807) is 0 Å². The number of hydrogen-bond donors (Lipinski definition) is 2. The number of carboxylic acid groups (broad SMARTS) is 1. The minimum atomic E-state index is -1.10. The molecule has 2 N–H and O–H groups in total. The largest absolute Gasteiger partial charge is 0.478 e. The molecular formula is C12H16N2O5. The fourth-order valence-corrected chi connectivity index (χ4v) is 1.49. The third-order valence-electron chi connectivity index (χ3n) is 2.42. The van der Waals surface area contributed by atoms with Crippen LogP contribution in [0.15, 0.2) is 18.3 Å². The lowest BCUT2D eigenvalue weighted by Gasteiger charge is -2.20. The number of aliphatic hydroxyl groups excluding tert-OH is 1. The maximum atomic E-state index is 11.9. The Morgan fingerprint density at radius 2 is 2.16 bits per heavy atom. The van der Waals surface area contributed by atoms with Crippen LogP contribution in [-0.2, 0) is 4.74 Å². The van der Waals surface area contributed by atoms with Crippen molar-refractivity contribution < 1.29 is 24.5 Å². The summed E-state index contributed by atoms with van der Waals surface area (Å²) in [6, 6.07) is 2.65. The second kappa shape index (κ2) is 6.81. The first-order valence-electron chi connectivity index (χ1n) is 5.57. The average molecular weight is 268 g/mol. The molecule has 0 saturated heterocycles. The van der Waals surface area contributed by atoms with Crippen LogP contribution in [0, 0.1) is 0 Å². The number of aliphatic hydroxyl groups is 1. The summed E-state index contributed by atoms with van der Waals surface area (Å²) in [6.07, 6.45) is 0.340. The van der Waals surface area contributed by atoms with Gasteiger partial charge in [-0.25, -0.2) is 4.79 Å². The zero-order chi connectivity index (χ0) is 14.4. The molecule has 104 valence electrons. The van der Waals surface area contributed by atoms with Crippen LogP contribution in [-0.4, -0.2) is 65.4 Å². The molecule has 7 nitrogen and oxygen atoms in total. The number of aromatic carboxylic acids is 1. The van der Waals surface area contributed by atoms with Crippen molar-refractivity contribution in [2.24, 2.45) is 0 Å². The molecule has 0 radical (unpaired) electrons. The number of carboxylic acids is 1. The fourth-order valence-electron chi connectivity index (χ4n) is 1.49. The molecular weight excluding hydrogens is 252 g/mol. The molecule has 1 rings (SSSR count). The molecule has 1 heterocycles. The van der Waals surface area contributed by atoms with Gasteiger partial charge in [0.15, 0.2) is 0 Å². The lowest BCUT2D eigenvalue weighted by molar-refractivity contribution is 0.0378. The lowest BCUT2D eigenvalue weighted by atomic mass is 10.2. The summed E-state index contributed by atoms with van der Waals surface area (Å²) in [5, 5.41) is 18.2. The molecule has 0 aliphatic carbocycles. The Hall–Kier alpha value is -1.99. The standard InChI is InChI=1S/C12H16N2O5/c1-14(6-9(15)7-19-2)11(16)10-4-3-8(5-13-10)12(17)18/h3-5,9,15H,6-7H2,1-2H3,(H,17,18). The van der Waals surface area contributed by atoms with Crippen LogP contribution in [0.5, 0.6) is 0 Å². The average Bonchev–Trinajstić information content (AvgIpc) is 2.38. The van der Waals surface area contributed by atoms with E-state index < -0.39 is 18.0 Å². The van der Waals surface area contributed by atoms with E-state index in [0.717, 1.165) is 6.20 Å². The molecule has 0 saturated carbocycles. The number of pyridine rings is 1. The second-order valence-electron chi connectivity index (χ2n) is 4.03. The number of nitrogens with zero attached hydrogens (tertiary/aromatic N) is 2. The Morgan fingerprint density at radius 1 is 1.47 bits per heavy atom. The van der Waals surface area contributed by atoms with E-state index in [-0.39, 0.29) is 24.4 Å². The number of carbonyl (C=O) groups excluding carboxylic acids is 1. The molecule has 1 amide bonds. The van der Waals surface area contributed by atoms with Gasteiger partial charge in [0, 0.05) is 26.9 Å². The van der Waals surface area contributed by atoms with Gasteiger partial charge in [0.25, 0.3) is 5.91 Å². The fraction of sp³-hybridized carbons (Fsp3) is 0.417. The smallest absolute Gasteiger partial charge is 0.337 e. The first kappa shape index (κ1) is 15.1. The highest BCUT2D eigenvalue weighted by atomic mass is 16.5. The molecule has 0 fully saturated rings. The van der Waals surface area contributed by atoms with Crippen molar-refractivity contribution in [3.8, 4) is 0 Å². The highest BCUT2D eigenvalue weighted by molar-refractivity contribution is 5.93. The van der Waals surface area contributed by atoms with Crippen molar-refractivity contribution >= 4 is 11.9 Å². The van der Waals surface area contributed by atoms with Gasteiger partial charge in [-0.1, -0.05) is 0 Å². The molecule has 0 aliphatic rings. The molecule has 0 bridgehead atoms. The summed E-state index contributed by atoms with van der Waals surface area (Å²) < 4.78 is 4.76. The summed E-state index contributed by atoms with van der Waals surface area (Å²) in [7, 11) is 2.98. The topological polar surface area (TPSA) is 100.0 Å². The van der Waals surface area contributed by atoms with Crippen molar-refractivity contribution in [3.05, 3.63) is 29.6 Å². The molecule has 1 atom stereocenters. The third-order valence-corrected chi connectivity index (χ3v) is 2.42. The number of hydrogen-bond acceptors (Lipinski definition) is 5. The van der Waals surface area contributed by atoms with E-state index in [2.05, 4.69) is 4.98 Å². The van der Waals surface area contributed by atoms with Crippen LogP contribution in [0.3, 0.4) is 0 Å². The van der Waals surface area contributed by atoms with Crippen LogP contribution in [0.1, 0.15) is 20.8 Å². The predicted octanol–water partition coefficient (Wildman–Crippen LogP) is -0.141. The Kier molecular flexibility index (Phi) is 5.40. The number of rotatable bonds is 6. The Labute approximate surface area is 110 Å². The van der Waals surface area contributed by atoms with E-state index in [1.807, 2.05) is 0 Å². The van der Waals surface area contributed by atoms with Crippen LogP contribution in [0.25, 0.3) is 0 Å². The first-order chi connectivity index (χ1) is 8.95. The summed E-state index contributed by atoms with van der Waals surface area (Å²) in [6.45, 7) is 0.234. The molecule has 7 heteroatoms. The lowest BCUT2D eigenvalue weighted by Crippen LogP contribution is -2.36. The molecule has 1 aromatic rings. The van der Waals surface area contributed by atoms with E-state index >= 15 is 0 Å². The zero-order valence-corrected chi connectivity index (χ0v) is 10.7. The number of ether oxygens (including phenoxy) is 1. The second-order valence-corrected chi connectivity index (χ2v) is 4.03. The Morgan fingerprint density at radius 3 is 2.63 bits per heavy atom. The predicted molar refractivity (Wildman–Crippen MR) is 66.0 cm³/mol. The summed E-state index contributed by atoms with van der Waals surface area (Å²) in [5.74, 6) is -1.50. The van der Waals surface area contributed by atoms with Crippen molar-refractivity contribution in [1.82, 2.24) is 9.88 Å².